The van der Waals surface area contributed by atoms with Gasteiger partial charge in [0.2, 0.25) is 0 Å². The molecule has 2 nitrogen and oxygen atoms in total. The van der Waals surface area contributed by atoms with Crippen LogP contribution in [0.2, 0.25) is 0 Å². The summed E-state index contributed by atoms with van der Waals surface area (Å²) in [6, 6.07) is 4.23. The first-order valence-corrected chi connectivity index (χ1v) is 9.43. The molecule has 0 saturated carbocycles. The van der Waals surface area contributed by atoms with Crippen molar-refractivity contribution in [2.24, 2.45) is 0 Å². The van der Waals surface area contributed by atoms with Gasteiger partial charge in [-0.1, -0.05) is 34.1 Å². The number of aliphatic hydroxyl groups excluding tert-OH is 1. The molecule has 1 rings (SSSR count). The SMILES string of the molecule is CCCCN(CC)CCC(O)c1ccc(SC(C)C)s1. The zero-order chi connectivity index (χ0) is 15.0. The number of unbranched alkanes of at least 4 members (excludes halogenated alkanes) is 1. The maximum atomic E-state index is 10.3. The standard InChI is InChI=1S/C16H29NOS2/c1-5-7-11-17(6-2)12-10-14(18)15-8-9-16(20-15)19-13(3)4/h8-9,13-14,18H,5-7,10-12H2,1-4H3. The van der Waals surface area contributed by atoms with E-state index in [0.717, 1.165) is 30.9 Å². The van der Waals surface area contributed by atoms with Crippen molar-refractivity contribution in [3.8, 4) is 0 Å². The molecule has 0 aromatic carbocycles. The van der Waals surface area contributed by atoms with E-state index < -0.39 is 0 Å². The van der Waals surface area contributed by atoms with E-state index in [9.17, 15) is 5.11 Å². The van der Waals surface area contributed by atoms with Crippen molar-refractivity contribution in [1.82, 2.24) is 4.90 Å². The van der Waals surface area contributed by atoms with E-state index in [2.05, 4.69) is 44.7 Å². The Morgan fingerprint density at radius 1 is 1.25 bits per heavy atom. The Morgan fingerprint density at radius 3 is 2.60 bits per heavy atom. The summed E-state index contributed by atoms with van der Waals surface area (Å²) in [6.45, 7) is 12.0. The summed E-state index contributed by atoms with van der Waals surface area (Å²) in [5.74, 6) is 0. The zero-order valence-corrected chi connectivity index (χ0v) is 14.9. The molecule has 20 heavy (non-hydrogen) atoms. The van der Waals surface area contributed by atoms with Crippen LogP contribution in [0.3, 0.4) is 0 Å². The van der Waals surface area contributed by atoms with Gasteiger partial charge in [0.1, 0.15) is 0 Å². The summed E-state index contributed by atoms with van der Waals surface area (Å²) < 4.78 is 1.31. The lowest BCUT2D eigenvalue weighted by Gasteiger charge is -2.21. The van der Waals surface area contributed by atoms with E-state index in [1.165, 1.54) is 17.1 Å². The van der Waals surface area contributed by atoms with Crippen molar-refractivity contribution >= 4 is 23.1 Å². The highest BCUT2D eigenvalue weighted by Gasteiger charge is 2.13. The molecule has 1 N–H and O–H groups in total. The third-order valence-electron chi connectivity index (χ3n) is 3.28. The Morgan fingerprint density at radius 2 is 2.00 bits per heavy atom. The number of hydrogen-bond acceptors (Lipinski definition) is 4. The highest BCUT2D eigenvalue weighted by Crippen LogP contribution is 2.34. The molecule has 0 bridgehead atoms. The Kier molecular flexibility index (Phi) is 8.85. The monoisotopic (exact) mass is 315 g/mol. The van der Waals surface area contributed by atoms with Crippen molar-refractivity contribution < 1.29 is 5.11 Å². The Labute approximate surface area is 132 Å². The zero-order valence-electron chi connectivity index (χ0n) is 13.3. The highest BCUT2D eigenvalue weighted by molar-refractivity contribution is 8.01. The van der Waals surface area contributed by atoms with Crippen LogP contribution in [0.1, 0.15) is 57.9 Å². The third-order valence-corrected chi connectivity index (χ3v) is 5.64. The molecule has 1 atom stereocenters. The van der Waals surface area contributed by atoms with Crippen molar-refractivity contribution in [2.45, 2.75) is 62.5 Å². The average molecular weight is 316 g/mol. The summed E-state index contributed by atoms with van der Waals surface area (Å²) in [5, 5.41) is 10.9. The largest absolute Gasteiger partial charge is 0.388 e. The van der Waals surface area contributed by atoms with Gasteiger partial charge in [0.05, 0.1) is 10.3 Å². The minimum atomic E-state index is -0.308. The maximum Gasteiger partial charge on any atom is 0.0894 e. The van der Waals surface area contributed by atoms with Crippen LogP contribution >= 0.6 is 23.1 Å². The van der Waals surface area contributed by atoms with E-state index in [1.807, 2.05) is 11.8 Å². The van der Waals surface area contributed by atoms with Gasteiger partial charge in [0.15, 0.2) is 0 Å². The fraction of sp³-hybridized carbons (Fsp3) is 0.750. The number of thiophene rings is 1. The Balaban J connectivity index is 2.41. The number of rotatable bonds is 10. The normalized spacial score (nSPS) is 13.3. The van der Waals surface area contributed by atoms with Crippen LogP contribution in [0.25, 0.3) is 0 Å². The molecule has 0 amide bonds. The summed E-state index contributed by atoms with van der Waals surface area (Å²) >= 11 is 3.61. The minimum absolute atomic E-state index is 0.308. The molecule has 0 radical (unpaired) electrons. The van der Waals surface area contributed by atoms with Crippen LogP contribution in [0.4, 0.5) is 0 Å². The van der Waals surface area contributed by atoms with Gasteiger partial charge in [-0.25, -0.2) is 0 Å². The molecule has 1 aromatic rings. The lowest BCUT2D eigenvalue weighted by atomic mass is 10.2. The minimum Gasteiger partial charge on any atom is -0.388 e. The molecule has 0 spiro atoms. The second-order valence-electron chi connectivity index (χ2n) is 5.42. The second-order valence-corrected chi connectivity index (χ2v) is 8.41. The van der Waals surface area contributed by atoms with Gasteiger partial charge < -0.3 is 10.0 Å². The molecule has 4 heteroatoms. The molecule has 0 aliphatic rings. The van der Waals surface area contributed by atoms with Gasteiger partial charge in [0, 0.05) is 16.7 Å². The van der Waals surface area contributed by atoms with Gasteiger partial charge >= 0.3 is 0 Å². The smallest absolute Gasteiger partial charge is 0.0894 e. The Hall–Kier alpha value is -0.0300. The molecule has 1 unspecified atom stereocenters. The summed E-state index contributed by atoms with van der Waals surface area (Å²) in [5.41, 5.74) is 0. The van der Waals surface area contributed by atoms with Gasteiger partial charge in [-0.3, -0.25) is 0 Å². The van der Waals surface area contributed by atoms with Gasteiger partial charge in [-0.05, 0) is 38.1 Å². The van der Waals surface area contributed by atoms with Crippen LogP contribution in [0.5, 0.6) is 0 Å². The van der Waals surface area contributed by atoms with Crippen molar-refractivity contribution in [2.75, 3.05) is 19.6 Å². The van der Waals surface area contributed by atoms with E-state index in [0.29, 0.717) is 5.25 Å². The molecular weight excluding hydrogens is 286 g/mol. The number of hydrogen-bond donors (Lipinski definition) is 1. The van der Waals surface area contributed by atoms with E-state index in [4.69, 9.17) is 0 Å². The maximum absolute atomic E-state index is 10.3. The Bertz CT molecular complexity index is 365. The molecule has 1 heterocycles. The van der Waals surface area contributed by atoms with Crippen LogP contribution in [-0.2, 0) is 0 Å². The van der Waals surface area contributed by atoms with Crippen LogP contribution in [-0.4, -0.2) is 34.9 Å². The highest BCUT2D eigenvalue weighted by atomic mass is 32.2. The first-order chi connectivity index (χ1) is 9.56. The van der Waals surface area contributed by atoms with Gasteiger partial charge in [0.25, 0.3) is 0 Å². The van der Waals surface area contributed by atoms with Crippen molar-refractivity contribution in [3.05, 3.63) is 17.0 Å². The van der Waals surface area contributed by atoms with Crippen LogP contribution in [0, 0.1) is 0 Å². The molecule has 0 aliphatic carbocycles. The molecule has 0 fully saturated rings. The summed E-state index contributed by atoms with van der Waals surface area (Å²) in [7, 11) is 0. The molecule has 1 aromatic heterocycles. The van der Waals surface area contributed by atoms with Gasteiger partial charge in [-0.2, -0.15) is 0 Å². The number of nitrogens with zero attached hydrogens (tertiary/aromatic N) is 1. The fourth-order valence-corrected chi connectivity index (χ4v) is 4.49. The third kappa shape index (κ3) is 6.61. The quantitative estimate of drug-likeness (QED) is 0.628. The lowest BCUT2D eigenvalue weighted by Crippen LogP contribution is -2.26. The van der Waals surface area contributed by atoms with Gasteiger partial charge in [-0.15, -0.1) is 23.1 Å². The molecule has 116 valence electrons. The number of thioether (sulfide) groups is 1. The van der Waals surface area contributed by atoms with E-state index >= 15 is 0 Å². The van der Waals surface area contributed by atoms with E-state index in [1.54, 1.807) is 11.3 Å². The van der Waals surface area contributed by atoms with Crippen LogP contribution in [0.15, 0.2) is 16.3 Å². The molecule has 0 saturated heterocycles. The number of aliphatic hydroxyl groups is 1. The summed E-state index contributed by atoms with van der Waals surface area (Å²) in [4.78, 5) is 3.55. The molecule has 0 aliphatic heterocycles. The predicted molar refractivity (Wildman–Crippen MR) is 91.9 cm³/mol. The second kappa shape index (κ2) is 9.82. The summed E-state index contributed by atoms with van der Waals surface area (Å²) in [6.07, 6.45) is 3.01. The fourth-order valence-electron chi connectivity index (χ4n) is 2.07. The topological polar surface area (TPSA) is 23.5 Å². The average Bonchev–Trinajstić information content (AvgIpc) is 2.86. The first-order valence-electron chi connectivity index (χ1n) is 7.73. The van der Waals surface area contributed by atoms with Crippen molar-refractivity contribution in [3.63, 3.8) is 0 Å². The van der Waals surface area contributed by atoms with Crippen LogP contribution < -0.4 is 0 Å². The first kappa shape index (κ1) is 18.0. The van der Waals surface area contributed by atoms with Crippen molar-refractivity contribution in [1.29, 1.82) is 0 Å². The van der Waals surface area contributed by atoms with E-state index in [-0.39, 0.29) is 6.10 Å². The lowest BCUT2D eigenvalue weighted by molar-refractivity contribution is 0.146. The molecular formula is C16H29NOS2. The predicted octanol–water partition coefficient (Wildman–Crippen LogP) is 4.79.